The fourth-order valence-electron chi connectivity index (χ4n) is 4.30. The number of anilines is 1. The van der Waals surface area contributed by atoms with Crippen LogP contribution in [-0.2, 0) is 33.8 Å². The van der Waals surface area contributed by atoms with E-state index in [1.165, 1.54) is 21.8 Å². The third-order valence-corrected chi connectivity index (χ3v) is 6.89. The number of carbonyl (C=O) groups excluding carboxylic acids is 4. The second kappa shape index (κ2) is 9.18. The Balaban J connectivity index is 1.21. The van der Waals surface area contributed by atoms with E-state index < -0.39 is 11.9 Å². The van der Waals surface area contributed by atoms with Gasteiger partial charge < -0.3 is 10.2 Å². The summed E-state index contributed by atoms with van der Waals surface area (Å²) in [6, 6.07) is 14.8. The van der Waals surface area contributed by atoms with E-state index in [9.17, 15) is 19.2 Å². The maximum Gasteiger partial charge on any atom is 0.255 e. The Morgan fingerprint density at radius 1 is 1.12 bits per heavy atom. The zero-order valence-electron chi connectivity index (χ0n) is 18.2. The lowest BCUT2D eigenvalue weighted by Crippen LogP contribution is -2.52. The van der Waals surface area contributed by atoms with Gasteiger partial charge in [-0.1, -0.05) is 42.5 Å². The van der Waals surface area contributed by atoms with Crippen molar-refractivity contribution in [2.75, 3.05) is 5.32 Å². The predicted molar refractivity (Wildman–Crippen MR) is 126 cm³/mol. The summed E-state index contributed by atoms with van der Waals surface area (Å²) in [5.74, 6) is -1.22. The molecule has 34 heavy (non-hydrogen) atoms. The van der Waals surface area contributed by atoms with Gasteiger partial charge in [-0.2, -0.15) is 0 Å². The molecule has 0 saturated carbocycles. The first kappa shape index (κ1) is 22.0. The summed E-state index contributed by atoms with van der Waals surface area (Å²) in [6.07, 6.45) is 3.16. The van der Waals surface area contributed by atoms with E-state index in [0.717, 1.165) is 16.9 Å². The first-order valence-corrected chi connectivity index (χ1v) is 11.8. The van der Waals surface area contributed by atoms with Crippen molar-refractivity contribution in [1.82, 2.24) is 15.2 Å². The van der Waals surface area contributed by atoms with Crippen molar-refractivity contribution in [3.63, 3.8) is 0 Å². The molecular formula is C25H22N4O4S. The van der Waals surface area contributed by atoms with Crippen LogP contribution in [0.5, 0.6) is 0 Å². The van der Waals surface area contributed by atoms with Gasteiger partial charge in [-0.3, -0.25) is 24.5 Å². The molecule has 0 unspecified atom stereocenters. The number of amides is 4. The van der Waals surface area contributed by atoms with Gasteiger partial charge in [0, 0.05) is 36.0 Å². The van der Waals surface area contributed by atoms with Crippen LogP contribution in [0.3, 0.4) is 0 Å². The average molecular weight is 475 g/mol. The number of fused-ring (bicyclic) bond motifs is 1. The van der Waals surface area contributed by atoms with Crippen LogP contribution in [0.25, 0.3) is 0 Å². The van der Waals surface area contributed by atoms with E-state index in [1.807, 2.05) is 30.3 Å². The number of aromatic nitrogens is 1. The molecule has 0 spiro atoms. The lowest BCUT2D eigenvalue weighted by Gasteiger charge is -2.29. The fraction of sp³-hybridized carbons (Fsp3) is 0.240. The molecule has 5 rings (SSSR count). The maximum atomic E-state index is 13.0. The highest BCUT2D eigenvalue weighted by Crippen LogP contribution is 2.28. The molecule has 172 valence electrons. The minimum Gasteiger partial charge on any atom is -0.322 e. The first-order chi connectivity index (χ1) is 16.5. The Bertz CT molecular complexity index is 1290. The Labute approximate surface area is 200 Å². The number of carbonyl (C=O) groups is 4. The van der Waals surface area contributed by atoms with Gasteiger partial charge in [-0.15, -0.1) is 11.3 Å². The Morgan fingerprint density at radius 2 is 1.94 bits per heavy atom. The van der Waals surface area contributed by atoms with Gasteiger partial charge in [0.1, 0.15) is 6.04 Å². The van der Waals surface area contributed by atoms with E-state index in [0.29, 0.717) is 29.2 Å². The Hall–Kier alpha value is -3.85. The molecule has 1 fully saturated rings. The van der Waals surface area contributed by atoms with E-state index >= 15 is 0 Å². The number of piperidine rings is 1. The zero-order valence-corrected chi connectivity index (χ0v) is 19.1. The number of benzene rings is 2. The molecule has 2 aliphatic heterocycles. The fourth-order valence-corrected chi connectivity index (χ4v) is 5.17. The summed E-state index contributed by atoms with van der Waals surface area (Å²) in [5.41, 5.74) is 3.19. The number of hydrogen-bond donors (Lipinski definition) is 2. The van der Waals surface area contributed by atoms with Crippen LogP contribution < -0.4 is 10.6 Å². The lowest BCUT2D eigenvalue weighted by molar-refractivity contribution is -0.137. The Kier molecular flexibility index (Phi) is 5.93. The topological polar surface area (TPSA) is 108 Å². The molecular weight excluding hydrogens is 452 g/mol. The quantitative estimate of drug-likeness (QED) is 0.534. The summed E-state index contributed by atoms with van der Waals surface area (Å²) in [6.45, 7) is 0.316. The second-order valence-corrected chi connectivity index (χ2v) is 9.53. The highest BCUT2D eigenvalue weighted by Gasteiger charge is 2.39. The van der Waals surface area contributed by atoms with Gasteiger partial charge in [0.2, 0.25) is 17.7 Å². The molecule has 2 N–H and O–H groups in total. The van der Waals surface area contributed by atoms with Crippen LogP contribution in [-0.4, -0.2) is 39.6 Å². The SMILES string of the molecule is O=C1CC[C@@H](N2Cc3ccc(CC(=O)Nc4ncc(Cc5ccccc5)s4)cc3C2=O)C(=O)N1. The van der Waals surface area contributed by atoms with Crippen LogP contribution in [0.2, 0.25) is 0 Å². The van der Waals surface area contributed by atoms with Crippen LogP contribution in [0.1, 0.15) is 44.8 Å². The molecule has 0 radical (unpaired) electrons. The van der Waals surface area contributed by atoms with E-state index in [-0.39, 0.29) is 30.6 Å². The van der Waals surface area contributed by atoms with Crippen molar-refractivity contribution >= 4 is 40.1 Å². The number of imide groups is 1. The molecule has 4 amide bonds. The second-order valence-electron chi connectivity index (χ2n) is 8.41. The standard InChI is InChI=1S/C25H22N4O4S/c30-21-9-8-20(23(32)27-21)29-14-17-7-6-16(11-19(17)24(29)33)12-22(31)28-25-26-13-18(34-25)10-15-4-2-1-3-5-15/h1-7,11,13,20H,8-10,12,14H2,(H,26,28,31)(H,27,30,32)/t20-/m1/s1. The number of hydrogen-bond acceptors (Lipinski definition) is 6. The largest absolute Gasteiger partial charge is 0.322 e. The van der Waals surface area contributed by atoms with Gasteiger partial charge in [0.05, 0.1) is 6.42 Å². The zero-order chi connectivity index (χ0) is 23.7. The van der Waals surface area contributed by atoms with Gasteiger partial charge >= 0.3 is 0 Å². The predicted octanol–water partition coefficient (Wildman–Crippen LogP) is 2.68. The summed E-state index contributed by atoms with van der Waals surface area (Å²) < 4.78 is 0. The Morgan fingerprint density at radius 3 is 2.74 bits per heavy atom. The van der Waals surface area contributed by atoms with Crippen molar-refractivity contribution in [3.05, 3.63) is 81.9 Å². The molecule has 2 aromatic carbocycles. The van der Waals surface area contributed by atoms with Crippen molar-refractivity contribution in [2.45, 2.75) is 38.3 Å². The molecule has 3 aromatic rings. The summed E-state index contributed by atoms with van der Waals surface area (Å²) >= 11 is 1.44. The summed E-state index contributed by atoms with van der Waals surface area (Å²) in [7, 11) is 0. The highest BCUT2D eigenvalue weighted by molar-refractivity contribution is 7.15. The normalized spacial score (nSPS) is 17.5. The molecule has 0 aliphatic carbocycles. The molecule has 2 aliphatic rings. The third-order valence-electron chi connectivity index (χ3n) is 5.98. The van der Waals surface area contributed by atoms with E-state index in [2.05, 4.69) is 27.8 Å². The summed E-state index contributed by atoms with van der Waals surface area (Å²) in [5, 5.41) is 5.67. The minimum atomic E-state index is -0.653. The molecule has 3 heterocycles. The highest BCUT2D eigenvalue weighted by atomic mass is 32.1. The van der Waals surface area contributed by atoms with Crippen LogP contribution in [0, 0.1) is 0 Å². The van der Waals surface area contributed by atoms with E-state index in [1.54, 1.807) is 12.3 Å². The van der Waals surface area contributed by atoms with Crippen LogP contribution in [0.4, 0.5) is 5.13 Å². The monoisotopic (exact) mass is 474 g/mol. The van der Waals surface area contributed by atoms with Gasteiger partial charge in [0.25, 0.3) is 5.91 Å². The number of nitrogens with one attached hydrogen (secondary N) is 2. The molecule has 8 nitrogen and oxygen atoms in total. The smallest absolute Gasteiger partial charge is 0.255 e. The van der Waals surface area contributed by atoms with Gasteiger partial charge in [0.15, 0.2) is 5.13 Å². The van der Waals surface area contributed by atoms with Crippen LogP contribution >= 0.6 is 11.3 Å². The van der Waals surface area contributed by atoms with E-state index in [4.69, 9.17) is 0 Å². The van der Waals surface area contributed by atoms with Crippen LogP contribution in [0.15, 0.2) is 54.7 Å². The molecule has 0 bridgehead atoms. The van der Waals surface area contributed by atoms with Crippen molar-refractivity contribution < 1.29 is 19.2 Å². The third kappa shape index (κ3) is 4.60. The van der Waals surface area contributed by atoms with Crippen molar-refractivity contribution in [3.8, 4) is 0 Å². The number of nitrogens with zero attached hydrogens (tertiary/aromatic N) is 2. The number of thiazole rings is 1. The lowest BCUT2D eigenvalue weighted by atomic mass is 10.0. The average Bonchev–Trinajstić information content (AvgIpc) is 3.38. The van der Waals surface area contributed by atoms with Crippen molar-refractivity contribution in [1.29, 1.82) is 0 Å². The maximum absolute atomic E-state index is 13.0. The van der Waals surface area contributed by atoms with Crippen molar-refractivity contribution in [2.24, 2.45) is 0 Å². The minimum absolute atomic E-state index is 0.104. The number of rotatable bonds is 6. The molecule has 1 aromatic heterocycles. The first-order valence-electron chi connectivity index (χ1n) is 11.0. The van der Waals surface area contributed by atoms with Gasteiger partial charge in [-0.05, 0) is 29.2 Å². The molecule has 9 heteroatoms. The summed E-state index contributed by atoms with van der Waals surface area (Å²) in [4.78, 5) is 56.0. The molecule has 1 saturated heterocycles. The van der Waals surface area contributed by atoms with Gasteiger partial charge in [-0.25, -0.2) is 4.98 Å². The molecule has 1 atom stereocenters.